The molecular formula is C18H16ClFN4O2. The molecule has 0 atom stereocenters. The van der Waals surface area contributed by atoms with Gasteiger partial charge in [0.25, 0.3) is 5.91 Å². The van der Waals surface area contributed by atoms with Gasteiger partial charge in [0.05, 0.1) is 11.0 Å². The van der Waals surface area contributed by atoms with Crippen LogP contribution in [0.2, 0.25) is 5.28 Å². The number of anilines is 1. The number of nitrogens with zero attached hydrogens (tertiary/aromatic N) is 2. The van der Waals surface area contributed by atoms with Crippen molar-refractivity contribution in [1.82, 2.24) is 14.9 Å². The van der Waals surface area contributed by atoms with Crippen molar-refractivity contribution >= 4 is 40.1 Å². The first-order chi connectivity index (χ1) is 12.4. The molecule has 26 heavy (non-hydrogen) atoms. The van der Waals surface area contributed by atoms with Crippen LogP contribution in [-0.4, -0.2) is 27.9 Å². The molecule has 0 fully saturated rings. The van der Waals surface area contributed by atoms with E-state index in [-0.39, 0.29) is 30.6 Å². The Labute approximate surface area is 154 Å². The summed E-state index contributed by atoms with van der Waals surface area (Å²) in [6.07, 6.45) is 0.0980. The minimum Gasteiger partial charge on any atom is -0.352 e. The Morgan fingerprint density at radius 3 is 2.65 bits per heavy atom. The van der Waals surface area contributed by atoms with Crippen LogP contribution in [0.3, 0.4) is 0 Å². The van der Waals surface area contributed by atoms with Crippen LogP contribution in [0.25, 0.3) is 11.0 Å². The number of nitrogens with one attached hydrogen (secondary N) is 2. The van der Waals surface area contributed by atoms with Gasteiger partial charge in [0.1, 0.15) is 5.82 Å². The first-order valence-electron chi connectivity index (χ1n) is 7.89. The number of halogens is 2. The fraction of sp³-hybridized carbons (Fsp3) is 0.167. The molecule has 0 radical (unpaired) electrons. The van der Waals surface area contributed by atoms with Gasteiger partial charge in [-0.05, 0) is 54.1 Å². The summed E-state index contributed by atoms with van der Waals surface area (Å²) in [5.74, 6) is -0.950. The number of hydrogen-bond donors (Lipinski definition) is 2. The van der Waals surface area contributed by atoms with Gasteiger partial charge in [-0.3, -0.25) is 9.59 Å². The molecule has 134 valence electrons. The summed E-state index contributed by atoms with van der Waals surface area (Å²) >= 11 is 5.96. The van der Waals surface area contributed by atoms with Crippen LogP contribution >= 0.6 is 11.6 Å². The molecule has 6 nitrogen and oxygen atoms in total. The molecule has 2 aromatic carbocycles. The summed E-state index contributed by atoms with van der Waals surface area (Å²) in [5.41, 5.74) is 2.39. The van der Waals surface area contributed by atoms with Crippen LogP contribution in [0.15, 0.2) is 42.5 Å². The third-order valence-corrected chi connectivity index (χ3v) is 4.19. The van der Waals surface area contributed by atoms with Gasteiger partial charge in [0.15, 0.2) is 0 Å². The van der Waals surface area contributed by atoms with Gasteiger partial charge >= 0.3 is 0 Å². The zero-order valence-corrected chi connectivity index (χ0v) is 14.7. The Morgan fingerprint density at radius 2 is 1.92 bits per heavy atom. The molecule has 2 N–H and O–H groups in total. The van der Waals surface area contributed by atoms with E-state index in [4.69, 9.17) is 11.6 Å². The Hall–Kier alpha value is -2.93. The molecule has 3 rings (SSSR count). The van der Waals surface area contributed by atoms with Gasteiger partial charge in [-0.1, -0.05) is 0 Å². The lowest BCUT2D eigenvalue weighted by Crippen LogP contribution is -2.27. The van der Waals surface area contributed by atoms with Crippen molar-refractivity contribution in [2.24, 2.45) is 7.05 Å². The number of benzene rings is 2. The second-order valence-electron chi connectivity index (χ2n) is 5.70. The molecule has 0 spiro atoms. The van der Waals surface area contributed by atoms with E-state index < -0.39 is 0 Å². The second-order valence-corrected chi connectivity index (χ2v) is 6.04. The Morgan fingerprint density at radius 1 is 1.19 bits per heavy atom. The normalized spacial score (nSPS) is 10.7. The zero-order valence-electron chi connectivity index (χ0n) is 13.9. The Balaban J connectivity index is 1.53. The molecule has 8 heteroatoms. The molecule has 0 bridgehead atoms. The van der Waals surface area contributed by atoms with Gasteiger partial charge in [0.2, 0.25) is 11.2 Å². The lowest BCUT2D eigenvalue weighted by molar-refractivity contribution is -0.116. The minimum atomic E-state index is -0.374. The predicted molar refractivity (Wildman–Crippen MR) is 97.7 cm³/mol. The number of imidazole rings is 1. The largest absolute Gasteiger partial charge is 0.352 e. The highest BCUT2D eigenvalue weighted by Crippen LogP contribution is 2.19. The van der Waals surface area contributed by atoms with E-state index in [2.05, 4.69) is 15.6 Å². The first-order valence-corrected chi connectivity index (χ1v) is 8.27. The van der Waals surface area contributed by atoms with E-state index in [1.54, 1.807) is 29.8 Å². The maximum atomic E-state index is 12.8. The molecule has 1 aromatic heterocycles. The molecule has 0 saturated carbocycles. The molecule has 2 amide bonds. The SMILES string of the molecule is Cn1c(Cl)nc2cc(C(=O)NCCC(=O)Nc3ccc(F)cc3)ccc21. The van der Waals surface area contributed by atoms with Crippen molar-refractivity contribution in [2.45, 2.75) is 6.42 Å². The van der Waals surface area contributed by atoms with Crippen molar-refractivity contribution in [3.05, 3.63) is 59.1 Å². The predicted octanol–water partition coefficient (Wildman–Crippen LogP) is 3.12. The van der Waals surface area contributed by atoms with E-state index in [0.29, 0.717) is 22.1 Å². The minimum absolute atomic E-state index is 0.0980. The number of rotatable bonds is 5. The molecular weight excluding hydrogens is 359 g/mol. The first kappa shape index (κ1) is 17.9. The number of aromatic nitrogens is 2. The van der Waals surface area contributed by atoms with Crippen molar-refractivity contribution in [1.29, 1.82) is 0 Å². The molecule has 1 heterocycles. The van der Waals surface area contributed by atoms with Gasteiger partial charge in [0, 0.05) is 31.3 Å². The molecule has 0 unspecified atom stereocenters. The zero-order chi connectivity index (χ0) is 18.7. The smallest absolute Gasteiger partial charge is 0.251 e. The highest BCUT2D eigenvalue weighted by molar-refractivity contribution is 6.29. The standard InChI is InChI=1S/C18H16ClFN4O2/c1-24-15-7-2-11(10-14(15)23-18(24)19)17(26)21-9-8-16(25)22-13-5-3-12(20)4-6-13/h2-7,10H,8-9H2,1H3,(H,21,26)(H,22,25). The van der Waals surface area contributed by atoms with Crippen LogP contribution in [-0.2, 0) is 11.8 Å². The van der Waals surface area contributed by atoms with E-state index in [0.717, 1.165) is 5.52 Å². The topological polar surface area (TPSA) is 76.0 Å². The highest BCUT2D eigenvalue weighted by atomic mass is 35.5. The quantitative estimate of drug-likeness (QED) is 0.720. The molecule has 3 aromatic rings. The average Bonchev–Trinajstić information content (AvgIpc) is 2.90. The van der Waals surface area contributed by atoms with Crippen LogP contribution in [0.4, 0.5) is 10.1 Å². The molecule has 0 saturated heterocycles. The number of carbonyl (C=O) groups excluding carboxylic acids is 2. The number of carbonyl (C=O) groups is 2. The Bertz CT molecular complexity index is 969. The summed E-state index contributed by atoms with van der Waals surface area (Å²) in [5, 5.41) is 5.66. The van der Waals surface area contributed by atoms with Crippen LogP contribution in [0.1, 0.15) is 16.8 Å². The summed E-state index contributed by atoms with van der Waals surface area (Å²) in [6.45, 7) is 0.173. The average molecular weight is 375 g/mol. The number of hydrogen-bond acceptors (Lipinski definition) is 3. The number of aryl methyl sites for hydroxylation is 1. The number of amides is 2. The highest BCUT2D eigenvalue weighted by Gasteiger charge is 2.11. The lowest BCUT2D eigenvalue weighted by Gasteiger charge is -2.07. The molecule has 0 aliphatic carbocycles. The summed E-state index contributed by atoms with van der Waals surface area (Å²) in [7, 11) is 1.79. The van der Waals surface area contributed by atoms with Crippen LogP contribution in [0.5, 0.6) is 0 Å². The van der Waals surface area contributed by atoms with E-state index in [9.17, 15) is 14.0 Å². The van der Waals surface area contributed by atoms with Gasteiger partial charge in [-0.2, -0.15) is 0 Å². The van der Waals surface area contributed by atoms with E-state index in [1.165, 1.54) is 24.3 Å². The Kier molecular flexibility index (Phi) is 5.18. The van der Waals surface area contributed by atoms with Gasteiger partial charge in [-0.25, -0.2) is 9.37 Å². The third kappa shape index (κ3) is 4.00. The monoisotopic (exact) mass is 374 g/mol. The number of fused-ring (bicyclic) bond motifs is 1. The van der Waals surface area contributed by atoms with Crippen LogP contribution in [0, 0.1) is 5.82 Å². The summed E-state index contributed by atoms with van der Waals surface area (Å²) in [4.78, 5) is 28.2. The maximum absolute atomic E-state index is 12.8. The molecule has 0 aliphatic heterocycles. The van der Waals surface area contributed by atoms with Crippen molar-refractivity contribution in [3.8, 4) is 0 Å². The maximum Gasteiger partial charge on any atom is 0.251 e. The fourth-order valence-electron chi connectivity index (χ4n) is 2.46. The third-order valence-electron chi connectivity index (χ3n) is 3.85. The fourth-order valence-corrected chi connectivity index (χ4v) is 2.64. The van der Waals surface area contributed by atoms with Gasteiger partial charge in [-0.15, -0.1) is 0 Å². The summed E-state index contributed by atoms with van der Waals surface area (Å²) in [6, 6.07) is 10.6. The van der Waals surface area contributed by atoms with Crippen LogP contribution < -0.4 is 10.6 Å². The van der Waals surface area contributed by atoms with Gasteiger partial charge < -0.3 is 15.2 Å². The van der Waals surface area contributed by atoms with Crippen molar-refractivity contribution < 1.29 is 14.0 Å². The second kappa shape index (κ2) is 7.53. The van der Waals surface area contributed by atoms with E-state index in [1.807, 2.05) is 0 Å². The summed E-state index contributed by atoms with van der Waals surface area (Å²) < 4.78 is 14.5. The van der Waals surface area contributed by atoms with E-state index >= 15 is 0 Å². The van der Waals surface area contributed by atoms with Crippen molar-refractivity contribution in [2.75, 3.05) is 11.9 Å². The van der Waals surface area contributed by atoms with Crippen molar-refractivity contribution in [3.63, 3.8) is 0 Å². The lowest BCUT2D eigenvalue weighted by atomic mass is 10.2. The molecule has 0 aliphatic rings.